The number of rotatable bonds is 6. The summed E-state index contributed by atoms with van der Waals surface area (Å²) in [6.07, 6.45) is 0.923. The lowest BCUT2D eigenvalue weighted by molar-refractivity contribution is 0.239. The van der Waals surface area contributed by atoms with Crippen molar-refractivity contribution in [3.63, 3.8) is 0 Å². The molecule has 0 bridgehead atoms. The van der Waals surface area contributed by atoms with Gasteiger partial charge in [0.1, 0.15) is 0 Å². The van der Waals surface area contributed by atoms with E-state index in [2.05, 4.69) is 15.5 Å². The van der Waals surface area contributed by atoms with Crippen molar-refractivity contribution in [2.75, 3.05) is 33.3 Å². The van der Waals surface area contributed by atoms with Gasteiger partial charge in [0.15, 0.2) is 11.6 Å². The number of likely N-dealkylation sites (tertiary alicyclic amines) is 1. The molecule has 2 N–H and O–H groups in total. The maximum absolute atomic E-state index is 14.0. The van der Waals surface area contributed by atoms with Crippen LogP contribution in [0.3, 0.4) is 0 Å². The molecule has 2 rings (SSSR count). The van der Waals surface area contributed by atoms with Crippen LogP contribution in [-0.4, -0.2) is 44.2 Å². The van der Waals surface area contributed by atoms with Gasteiger partial charge in [0.2, 0.25) is 5.82 Å². The van der Waals surface area contributed by atoms with Crippen LogP contribution in [0.2, 0.25) is 0 Å². The highest BCUT2D eigenvalue weighted by Gasteiger charge is 2.24. The molecule has 1 unspecified atom stereocenters. The fourth-order valence-corrected chi connectivity index (χ4v) is 2.78. The number of methoxy groups -OCH3 is 1. The molecule has 1 heterocycles. The van der Waals surface area contributed by atoms with E-state index in [4.69, 9.17) is 4.74 Å². The van der Waals surface area contributed by atoms with Crippen molar-refractivity contribution in [1.82, 2.24) is 15.5 Å². The fourth-order valence-electron chi connectivity index (χ4n) is 2.78. The predicted molar refractivity (Wildman–Crippen MR) is 83.4 cm³/mol. The number of carbonyl (C=O) groups excluding carboxylic acids is 1. The van der Waals surface area contributed by atoms with Crippen molar-refractivity contribution < 1.29 is 18.3 Å². The zero-order chi connectivity index (χ0) is 16.8. The lowest BCUT2D eigenvalue weighted by Gasteiger charge is -2.17. The Hall–Kier alpha value is -1.89. The molecule has 1 aromatic carbocycles. The Bertz CT molecular complexity index is 554. The van der Waals surface area contributed by atoms with E-state index in [0.29, 0.717) is 31.1 Å². The number of ether oxygens (including phenoxy) is 1. The maximum atomic E-state index is 14.0. The second-order valence-corrected chi connectivity index (χ2v) is 5.69. The molecule has 0 aromatic heterocycles. The van der Waals surface area contributed by atoms with Crippen LogP contribution in [0, 0.1) is 17.6 Å². The van der Waals surface area contributed by atoms with Crippen LogP contribution in [0.15, 0.2) is 12.1 Å². The number of carbonyl (C=O) groups is 1. The van der Waals surface area contributed by atoms with Crippen molar-refractivity contribution in [1.29, 1.82) is 0 Å². The first-order valence-corrected chi connectivity index (χ1v) is 7.80. The van der Waals surface area contributed by atoms with Crippen molar-refractivity contribution in [3.05, 3.63) is 29.3 Å². The SMILES string of the molecule is CCNC(=O)NCC1CCN(Cc2ccc(OC)c(F)c2F)C1. The minimum Gasteiger partial charge on any atom is -0.494 e. The average Bonchev–Trinajstić information content (AvgIpc) is 2.98. The van der Waals surface area contributed by atoms with Gasteiger partial charge in [-0.05, 0) is 31.9 Å². The molecule has 1 atom stereocenters. The number of halogens is 2. The molecule has 2 amide bonds. The smallest absolute Gasteiger partial charge is 0.314 e. The molecule has 1 aromatic rings. The second kappa shape index (κ2) is 8.10. The molecule has 1 aliphatic rings. The standard InChI is InChI=1S/C16H23F2N3O2/c1-3-19-16(22)20-8-11-6-7-21(9-11)10-12-4-5-13(23-2)15(18)14(12)17/h4-5,11H,3,6-10H2,1-2H3,(H2,19,20,22). The van der Waals surface area contributed by atoms with Crippen molar-refractivity contribution in [3.8, 4) is 5.75 Å². The molecule has 0 saturated carbocycles. The first kappa shape index (κ1) is 17.5. The minimum atomic E-state index is -0.946. The van der Waals surface area contributed by atoms with Crippen LogP contribution in [-0.2, 0) is 6.54 Å². The third-order valence-corrected chi connectivity index (χ3v) is 4.00. The zero-order valence-corrected chi connectivity index (χ0v) is 13.5. The molecule has 128 valence electrons. The highest BCUT2D eigenvalue weighted by molar-refractivity contribution is 5.73. The number of hydrogen-bond donors (Lipinski definition) is 2. The highest BCUT2D eigenvalue weighted by Crippen LogP contribution is 2.25. The number of hydrogen-bond acceptors (Lipinski definition) is 3. The third kappa shape index (κ3) is 4.54. The molecule has 0 radical (unpaired) electrons. The Kier molecular flexibility index (Phi) is 6.15. The summed E-state index contributed by atoms with van der Waals surface area (Å²) in [5.41, 5.74) is 0.320. The van der Waals surface area contributed by atoms with E-state index in [1.807, 2.05) is 6.92 Å². The van der Waals surface area contributed by atoms with Gasteiger partial charge in [-0.1, -0.05) is 6.07 Å². The molecular weight excluding hydrogens is 304 g/mol. The molecule has 1 aliphatic heterocycles. The number of nitrogens with one attached hydrogen (secondary N) is 2. The summed E-state index contributed by atoms with van der Waals surface area (Å²) in [5, 5.41) is 5.50. The molecule has 7 heteroatoms. The lowest BCUT2D eigenvalue weighted by atomic mass is 10.1. The first-order chi connectivity index (χ1) is 11.0. The van der Waals surface area contributed by atoms with Gasteiger partial charge in [-0.15, -0.1) is 0 Å². The Labute approximate surface area is 135 Å². The predicted octanol–water partition coefficient (Wildman–Crippen LogP) is 2.11. The number of urea groups is 1. The first-order valence-electron chi connectivity index (χ1n) is 7.80. The molecule has 1 fully saturated rings. The second-order valence-electron chi connectivity index (χ2n) is 5.69. The van der Waals surface area contributed by atoms with Crippen LogP contribution in [0.1, 0.15) is 18.9 Å². The largest absolute Gasteiger partial charge is 0.494 e. The quantitative estimate of drug-likeness (QED) is 0.841. The number of amides is 2. The van der Waals surface area contributed by atoms with Crippen molar-refractivity contribution in [2.24, 2.45) is 5.92 Å². The summed E-state index contributed by atoms with van der Waals surface area (Å²) < 4.78 is 32.5. The van der Waals surface area contributed by atoms with Crippen LogP contribution < -0.4 is 15.4 Å². The number of benzene rings is 1. The summed E-state index contributed by atoms with van der Waals surface area (Å²) in [5.74, 6) is -1.56. The summed E-state index contributed by atoms with van der Waals surface area (Å²) in [6, 6.07) is 2.82. The van der Waals surface area contributed by atoms with Crippen LogP contribution in [0.5, 0.6) is 5.75 Å². The van der Waals surface area contributed by atoms with Crippen LogP contribution >= 0.6 is 0 Å². The van der Waals surface area contributed by atoms with Crippen LogP contribution in [0.4, 0.5) is 13.6 Å². The number of nitrogens with zero attached hydrogens (tertiary/aromatic N) is 1. The van der Waals surface area contributed by atoms with Gasteiger partial charge < -0.3 is 15.4 Å². The van der Waals surface area contributed by atoms with Crippen LogP contribution in [0.25, 0.3) is 0 Å². The summed E-state index contributed by atoms with van der Waals surface area (Å²) in [4.78, 5) is 13.4. The average molecular weight is 327 g/mol. The monoisotopic (exact) mass is 327 g/mol. The van der Waals surface area contributed by atoms with Gasteiger partial charge in [0, 0.05) is 31.7 Å². The normalized spacial score (nSPS) is 18.0. The van der Waals surface area contributed by atoms with E-state index in [9.17, 15) is 13.6 Å². The lowest BCUT2D eigenvalue weighted by Crippen LogP contribution is -2.38. The Morgan fingerprint density at radius 2 is 2.13 bits per heavy atom. The van der Waals surface area contributed by atoms with E-state index in [1.54, 1.807) is 6.07 Å². The third-order valence-electron chi connectivity index (χ3n) is 4.00. The topological polar surface area (TPSA) is 53.6 Å². The summed E-state index contributed by atoms with van der Waals surface area (Å²) in [7, 11) is 1.31. The van der Waals surface area contributed by atoms with Crippen molar-refractivity contribution in [2.45, 2.75) is 19.9 Å². The van der Waals surface area contributed by atoms with E-state index in [-0.39, 0.29) is 11.8 Å². The Morgan fingerprint density at radius 1 is 1.35 bits per heavy atom. The highest BCUT2D eigenvalue weighted by atomic mass is 19.2. The molecular formula is C16H23F2N3O2. The van der Waals surface area contributed by atoms with Gasteiger partial charge in [0.05, 0.1) is 7.11 Å². The molecule has 0 aliphatic carbocycles. The molecule has 5 nitrogen and oxygen atoms in total. The van der Waals surface area contributed by atoms with Gasteiger partial charge >= 0.3 is 6.03 Å². The Balaban J connectivity index is 1.86. The van der Waals surface area contributed by atoms with E-state index < -0.39 is 11.6 Å². The van der Waals surface area contributed by atoms with Gasteiger partial charge in [-0.2, -0.15) is 4.39 Å². The molecule has 0 spiro atoms. The van der Waals surface area contributed by atoms with Gasteiger partial charge in [-0.3, -0.25) is 4.90 Å². The fraction of sp³-hybridized carbons (Fsp3) is 0.562. The summed E-state index contributed by atoms with van der Waals surface area (Å²) in [6.45, 7) is 4.94. The maximum Gasteiger partial charge on any atom is 0.314 e. The molecule has 23 heavy (non-hydrogen) atoms. The van der Waals surface area contributed by atoms with Gasteiger partial charge in [0.25, 0.3) is 0 Å². The van der Waals surface area contributed by atoms with E-state index in [0.717, 1.165) is 19.5 Å². The van der Waals surface area contributed by atoms with Gasteiger partial charge in [-0.25, -0.2) is 9.18 Å². The van der Waals surface area contributed by atoms with E-state index >= 15 is 0 Å². The Morgan fingerprint density at radius 3 is 2.83 bits per heavy atom. The zero-order valence-electron chi connectivity index (χ0n) is 13.5. The summed E-state index contributed by atoms with van der Waals surface area (Å²) >= 11 is 0. The van der Waals surface area contributed by atoms with E-state index in [1.165, 1.54) is 13.2 Å². The molecule has 1 saturated heterocycles. The minimum absolute atomic E-state index is 0.0864. The van der Waals surface area contributed by atoms with Crippen molar-refractivity contribution >= 4 is 6.03 Å².